The Hall–Kier alpha value is -3.12. The molecule has 3 aromatic rings. The highest BCUT2D eigenvalue weighted by Crippen LogP contribution is 2.45. The van der Waals surface area contributed by atoms with Crippen LogP contribution in [0.3, 0.4) is 0 Å². The summed E-state index contributed by atoms with van der Waals surface area (Å²) in [6.45, 7) is 14.4. The van der Waals surface area contributed by atoms with Crippen LogP contribution in [0.4, 0.5) is 0 Å². The zero-order valence-corrected chi connectivity index (χ0v) is 16.0. The average Bonchev–Trinajstić information content (AvgIpc) is 2.73. The molecule has 0 amide bonds. The molecule has 0 radical (unpaired) electrons. The first-order chi connectivity index (χ1) is 13.1. The van der Waals surface area contributed by atoms with Gasteiger partial charge in [-0.05, 0) is 41.2 Å². The van der Waals surface area contributed by atoms with Crippen LogP contribution in [0.5, 0.6) is 0 Å². The predicted molar refractivity (Wildman–Crippen MR) is 118 cm³/mol. The Bertz CT molecular complexity index is 945. The molecular formula is C27H26. The molecule has 0 aromatic heterocycles. The van der Waals surface area contributed by atoms with Gasteiger partial charge in [0.15, 0.2) is 0 Å². The zero-order chi connectivity index (χ0) is 19.3. The highest BCUT2D eigenvalue weighted by Gasteiger charge is 2.36. The summed E-state index contributed by atoms with van der Waals surface area (Å²) in [5, 5.41) is 0. The lowest BCUT2D eigenvalue weighted by Gasteiger charge is -2.37. The van der Waals surface area contributed by atoms with Crippen LogP contribution < -0.4 is 0 Å². The SMILES string of the molecule is C=CCC(c1ccccc1)(c1ccc(C)cc1)c1ccccc1C(=C)C=C. The fourth-order valence-electron chi connectivity index (χ4n) is 3.85. The smallest absolute Gasteiger partial charge is 0.0491 e. The highest BCUT2D eigenvalue weighted by molar-refractivity contribution is 5.76. The van der Waals surface area contributed by atoms with Gasteiger partial charge in [-0.1, -0.05) is 110 Å². The van der Waals surface area contributed by atoms with Gasteiger partial charge in [0.25, 0.3) is 0 Å². The molecular weight excluding hydrogens is 324 g/mol. The molecule has 0 heterocycles. The van der Waals surface area contributed by atoms with Crippen molar-refractivity contribution >= 4 is 5.57 Å². The van der Waals surface area contributed by atoms with Crippen molar-refractivity contribution in [2.45, 2.75) is 18.8 Å². The van der Waals surface area contributed by atoms with Crippen molar-refractivity contribution < 1.29 is 0 Å². The van der Waals surface area contributed by atoms with E-state index in [0.717, 1.165) is 17.6 Å². The van der Waals surface area contributed by atoms with Gasteiger partial charge >= 0.3 is 0 Å². The molecule has 0 spiro atoms. The van der Waals surface area contributed by atoms with E-state index in [1.54, 1.807) is 0 Å². The first kappa shape index (κ1) is 18.7. The van der Waals surface area contributed by atoms with E-state index in [-0.39, 0.29) is 5.41 Å². The molecule has 0 aliphatic carbocycles. The second-order valence-corrected chi connectivity index (χ2v) is 6.91. The molecule has 0 nitrogen and oxygen atoms in total. The van der Waals surface area contributed by atoms with Crippen molar-refractivity contribution in [1.82, 2.24) is 0 Å². The highest BCUT2D eigenvalue weighted by atomic mass is 14.4. The van der Waals surface area contributed by atoms with Gasteiger partial charge in [-0.15, -0.1) is 6.58 Å². The first-order valence-electron chi connectivity index (χ1n) is 9.28. The fraction of sp³-hybridized carbons (Fsp3) is 0.111. The number of aryl methyl sites for hydroxylation is 1. The Balaban J connectivity index is 2.41. The molecule has 0 saturated carbocycles. The maximum atomic E-state index is 4.24. The minimum absolute atomic E-state index is 0.334. The first-order valence-corrected chi connectivity index (χ1v) is 9.28. The van der Waals surface area contributed by atoms with Crippen molar-refractivity contribution in [1.29, 1.82) is 0 Å². The van der Waals surface area contributed by atoms with E-state index in [1.807, 2.05) is 12.2 Å². The van der Waals surface area contributed by atoms with Crippen molar-refractivity contribution in [3.05, 3.63) is 139 Å². The topological polar surface area (TPSA) is 0 Å². The number of benzene rings is 3. The number of allylic oxidation sites excluding steroid dienone is 3. The van der Waals surface area contributed by atoms with E-state index in [0.29, 0.717) is 0 Å². The summed E-state index contributed by atoms with van der Waals surface area (Å²) >= 11 is 0. The summed E-state index contributed by atoms with van der Waals surface area (Å²) in [7, 11) is 0. The predicted octanol–water partition coefficient (Wildman–Crippen LogP) is 7.10. The molecule has 0 N–H and O–H groups in total. The number of rotatable bonds is 7. The minimum Gasteiger partial charge on any atom is -0.103 e. The second kappa shape index (κ2) is 8.05. The molecule has 27 heavy (non-hydrogen) atoms. The van der Waals surface area contributed by atoms with Crippen LogP contribution in [0.25, 0.3) is 5.57 Å². The van der Waals surface area contributed by atoms with Gasteiger partial charge in [-0.2, -0.15) is 0 Å². The Morgan fingerprint density at radius 1 is 0.815 bits per heavy atom. The van der Waals surface area contributed by atoms with Gasteiger partial charge in [0.2, 0.25) is 0 Å². The Kier molecular flexibility index (Phi) is 5.57. The summed E-state index contributed by atoms with van der Waals surface area (Å²) < 4.78 is 0. The number of hydrogen-bond acceptors (Lipinski definition) is 0. The van der Waals surface area contributed by atoms with Gasteiger partial charge < -0.3 is 0 Å². The minimum atomic E-state index is -0.334. The molecule has 1 atom stereocenters. The summed E-state index contributed by atoms with van der Waals surface area (Å²) in [5.41, 5.74) is 6.70. The Morgan fingerprint density at radius 2 is 1.41 bits per heavy atom. The zero-order valence-electron chi connectivity index (χ0n) is 16.0. The third-order valence-corrected chi connectivity index (χ3v) is 5.24. The molecule has 134 valence electrons. The van der Waals surface area contributed by atoms with Crippen LogP contribution in [-0.2, 0) is 5.41 Å². The van der Waals surface area contributed by atoms with E-state index in [2.05, 4.69) is 106 Å². The van der Waals surface area contributed by atoms with E-state index >= 15 is 0 Å². The monoisotopic (exact) mass is 350 g/mol. The van der Waals surface area contributed by atoms with Crippen LogP contribution in [0.1, 0.15) is 34.2 Å². The summed E-state index contributed by atoms with van der Waals surface area (Å²) in [6.07, 6.45) is 4.64. The largest absolute Gasteiger partial charge is 0.103 e. The van der Waals surface area contributed by atoms with Gasteiger partial charge in [-0.25, -0.2) is 0 Å². The lowest BCUT2D eigenvalue weighted by molar-refractivity contribution is 0.626. The van der Waals surface area contributed by atoms with Crippen molar-refractivity contribution in [3.63, 3.8) is 0 Å². The third kappa shape index (κ3) is 3.44. The van der Waals surface area contributed by atoms with E-state index in [1.165, 1.54) is 22.3 Å². The molecule has 1 unspecified atom stereocenters. The average molecular weight is 351 g/mol. The fourth-order valence-corrected chi connectivity index (χ4v) is 3.85. The van der Waals surface area contributed by atoms with Crippen LogP contribution in [0.2, 0.25) is 0 Å². The summed E-state index contributed by atoms with van der Waals surface area (Å²) in [5.74, 6) is 0. The van der Waals surface area contributed by atoms with Crippen LogP contribution in [0, 0.1) is 6.92 Å². The van der Waals surface area contributed by atoms with E-state index in [4.69, 9.17) is 0 Å². The molecule has 0 saturated heterocycles. The van der Waals surface area contributed by atoms with Gasteiger partial charge in [0.05, 0.1) is 0 Å². The summed E-state index contributed by atoms with van der Waals surface area (Å²) in [6, 6.07) is 28.0. The standard InChI is InChI=1S/C27H26/c1-5-20-27(23-12-8-7-9-13-23,24-18-16-21(3)17-19-24)26-15-11-10-14-25(26)22(4)6-2/h5-19H,1-2,4,20H2,3H3. The van der Waals surface area contributed by atoms with E-state index in [9.17, 15) is 0 Å². The molecule has 3 aromatic carbocycles. The number of hydrogen-bond donors (Lipinski definition) is 0. The van der Waals surface area contributed by atoms with Crippen molar-refractivity contribution in [3.8, 4) is 0 Å². The normalized spacial score (nSPS) is 12.8. The molecule has 0 aliphatic rings. The van der Waals surface area contributed by atoms with Crippen LogP contribution >= 0.6 is 0 Å². The molecule has 0 bridgehead atoms. The van der Waals surface area contributed by atoms with Gasteiger partial charge in [0.1, 0.15) is 0 Å². The van der Waals surface area contributed by atoms with Crippen molar-refractivity contribution in [2.75, 3.05) is 0 Å². The summed E-state index contributed by atoms with van der Waals surface area (Å²) in [4.78, 5) is 0. The second-order valence-electron chi connectivity index (χ2n) is 6.91. The molecule has 0 fully saturated rings. The lowest BCUT2D eigenvalue weighted by atomic mass is 9.65. The van der Waals surface area contributed by atoms with Crippen LogP contribution in [0.15, 0.2) is 111 Å². The molecule has 3 rings (SSSR count). The van der Waals surface area contributed by atoms with Crippen molar-refractivity contribution in [2.24, 2.45) is 0 Å². The van der Waals surface area contributed by atoms with Gasteiger partial charge in [-0.3, -0.25) is 0 Å². The third-order valence-electron chi connectivity index (χ3n) is 5.24. The Morgan fingerprint density at radius 3 is 2.04 bits per heavy atom. The Labute approximate surface area is 163 Å². The molecule has 0 aliphatic heterocycles. The maximum Gasteiger partial charge on any atom is 0.0491 e. The molecule has 0 heteroatoms. The lowest BCUT2D eigenvalue weighted by Crippen LogP contribution is -2.30. The van der Waals surface area contributed by atoms with E-state index < -0.39 is 0 Å². The van der Waals surface area contributed by atoms with Crippen LogP contribution in [-0.4, -0.2) is 0 Å². The quantitative estimate of drug-likeness (QED) is 0.242. The maximum absolute atomic E-state index is 4.24. The van der Waals surface area contributed by atoms with Gasteiger partial charge in [0, 0.05) is 5.41 Å².